The first-order valence-corrected chi connectivity index (χ1v) is 7.34. The fraction of sp³-hybridized carbons (Fsp3) is 0.571. The van der Waals surface area contributed by atoms with Gasteiger partial charge in [-0.15, -0.1) is 0 Å². The molecule has 0 bridgehead atoms. The maximum atomic E-state index is 12.3. The van der Waals surface area contributed by atoms with Crippen LogP contribution in [0.15, 0.2) is 22.7 Å². The van der Waals surface area contributed by atoms with Crippen molar-refractivity contribution in [1.29, 1.82) is 0 Å². The normalized spacial score (nSPS) is 13.3. The van der Waals surface area contributed by atoms with Crippen molar-refractivity contribution >= 4 is 21.6 Å². The maximum absolute atomic E-state index is 12.3. The Labute approximate surface area is 126 Å². The lowest BCUT2D eigenvalue weighted by Gasteiger charge is -2.26. The Hall–Kier alpha value is -0.750. The number of hydrogen-bond donors (Lipinski definition) is 1. The summed E-state index contributed by atoms with van der Waals surface area (Å²) in [5, 5.41) is 3.28. The Morgan fingerprint density at radius 2 is 2.00 bits per heavy atom. The molecule has 0 heterocycles. The predicted molar refractivity (Wildman–Crippen MR) is 80.2 cm³/mol. The molecule has 1 rings (SSSR count). The third-order valence-corrected chi connectivity index (χ3v) is 3.60. The molecule has 0 fully saturated rings. The van der Waals surface area contributed by atoms with Crippen molar-refractivity contribution in [2.45, 2.75) is 32.5 Å². The summed E-state index contributed by atoms with van der Waals surface area (Å²) in [6, 6.07) is 5.80. The third-order valence-electron chi connectivity index (χ3n) is 3.11. The predicted octanol–water partition coefficient (Wildman–Crippen LogP) is 4.51. The van der Waals surface area contributed by atoms with Crippen molar-refractivity contribution in [2.75, 3.05) is 25.0 Å². The minimum absolute atomic E-state index is 0.0498. The number of benzene rings is 1. The summed E-state index contributed by atoms with van der Waals surface area (Å²) in [5.74, 6) is 0. The molecule has 0 aromatic heterocycles. The van der Waals surface area contributed by atoms with Gasteiger partial charge in [0, 0.05) is 29.8 Å². The van der Waals surface area contributed by atoms with E-state index in [1.54, 1.807) is 11.9 Å². The zero-order valence-electron chi connectivity index (χ0n) is 11.9. The lowest BCUT2D eigenvalue weighted by atomic mass is 10.1. The molecule has 0 saturated heterocycles. The molecule has 0 aliphatic heterocycles. The van der Waals surface area contributed by atoms with E-state index in [4.69, 9.17) is 0 Å². The summed E-state index contributed by atoms with van der Waals surface area (Å²) < 4.78 is 37.9. The summed E-state index contributed by atoms with van der Waals surface area (Å²) in [6.07, 6.45) is -4.95. The van der Waals surface area contributed by atoms with Gasteiger partial charge in [0.25, 0.3) is 0 Å². The highest BCUT2D eigenvalue weighted by Crippen LogP contribution is 2.30. The first-order chi connectivity index (χ1) is 9.24. The minimum atomic E-state index is -4.13. The van der Waals surface area contributed by atoms with Gasteiger partial charge in [0.05, 0.1) is 6.42 Å². The van der Waals surface area contributed by atoms with Crippen LogP contribution in [-0.2, 0) is 0 Å². The fourth-order valence-electron chi connectivity index (χ4n) is 2.04. The molecule has 2 nitrogen and oxygen atoms in total. The molecule has 0 aliphatic rings. The number of nitrogens with zero attached hydrogens (tertiary/aromatic N) is 1. The van der Waals surface area contributed by atoms with Crippen LogP contribution in [0.1, 0.15) is 31.9 Å². The molecule has 114 valence electrons. The largest absolute Gasteiger partial charge is 0.390 e. The Bertz CT molecular complexity index is 435. The number of anilines is 1. The van der Waals surface area contributed by atoms with E-state index in [9.17, 15) is 13.2 Å². The Balaban J connectivity index is 2.93. The molecule has 20 heavy (non-hydrogen) atoms. The van der Waals surface area contributed by atoms with Gasteiger partial charge in [-0.2, -0.15) is 13.2 Å². The Kier molecular flexibility index (Phi) is 6.33. The fourth-order valence-corrected chi connectivity index (χ4v) is 2.39. The van der Waals surface area contributed by atoms with E-state index in [0.29, 0.717) is 0 Å². The highest BCUT2D eigenvalue weighted by molar-refractivity contribution is 9.10. The van der Waals surface area contributed by atoms with Crippen molar-refractivity contribution in [3.63, 3.8) is 0 Å². The monoisotopic (exact) mass is 352 g/mol. The molecule has 0 radical (unpaired) electrons. The highest BCUT2D eigenvalue weighted by atomic mass is 79.9. The van der Waals surface area contributed by atoms with E-state index in [0.717, 1.165) is 22.3 Å². The molecule has 1 N–H and O–H groups in total. The van der Waals surface area contributed by atoms with Gasteiger partial charge >= 0.3 is 6.18 Å². The molecule has 1 aromatic rings. The molecule has 6 heteroatoms. The SMILES string of the molecule is CCNC(C)c1ccc(Br)cc1N(C)CCC(F)(F)F. The van der Waals surface area contributed by atoms with Crippen molar-refractivity contribution < 1.29 is 13.2 Å². The molecule has 0 saturated carbocycles. The second-order valence-corrected chi connectivity index (χ2v) is 5.68. The smallest absolute Gasteiger partial charge is 0.374 e. The molecule has 1 atom stereocenters. The van der Waals surface area contributed by atoms with E-state index in [1.807, 2.05) is 32.0 Å². The van der Waals surface area contributed by atoms with Crippen LogP contribution in [0, 0.1) is 0 Å². The molecule has 0 aliphatic carbocycles. The van der Waals surface area contributed by atoms with Crippen LogP contribution in [-0.4, -0.2) is 26.3 Å². The third kappa shape index (κ3) is 5.32. The van der Waals surface area contributed by atoms with E-state index < -0.39 is 12.6 Å². The average molecular weight is 353 g/mol. The number of rotatable bonds is 6. The molecule has 1 aromatic carbocycles. The van der Waals surface area contributed by atoms with E-state index in [1.165, 1.54) is 0 Å². The summed E-state index contributed by atoms with van der Waals surface area (Å²) >= 11 is 3.37. The quantitative estimate of drug-likeness (QED) is 0.810. The maximum Gasteiger partial charge on any atom is 0.390 e. The zero-order chi connectivity index (χ0) is 15.3. The van der Waals surface area contributed by atoms with Crippen molar-refractivity contribution in [1.82, 2.24) is 5.32 Å². The van der Waals surface area contributed by atoms with Gasteiger partial charge in [0.2, 0.25) is 0 Å². The van der Waals surface area contributed by atoms with E-state index in [-0.39, 0.29) is 12.6 Å². The standard InChI is InChI=1S/C14H20BrF3N2/c1-4-19-10(2)12-6-5-11(15)9-13(12)20(3)8-7-14(16,17)18/h5-6,9-10,19H,4,7-8H2,1-3H3. The van der Waals surface area contributed by atoms with Crippen molar-refractivity contribution in [2.24, 2.45) is 0 Å². The molecule has 0 spiro atoms. The zero-order valence-corrected chi connectivity index (χ0v) is 13.5. The van der Waals surface area contributed by atoms with Crippen LogP contribution >= 0.6 is 15.9 Å². The van der Waals surface area contributed by atoms with Crippen LogP contribution in [0.3, 0.4) is 0 Å². The molecular formula is C14H20BrF3N2. The van der Waals surface area contributed by atoms with Crippen LogP contribution in [0.25, 0.3) is 0 Å². The van der Waals surface area contributed by atoms with Crippen molar-refractivity contribution in [3.05, 3.63) is 28.2 Å². The van der Waals surface area contributed by atoms with Crippen LogP contribution < -0.4 is 10.2 Å². The van der Waals surface area contributed by atoms with Gasteiger partial charge in [0.15, 0.2) is 0 Å². The van der Waals surface area contributed by atoms with Crippen LogP contribution in [0.5, 0.6) is 0 Å². The van der Waals surface area contributed by atoms with Crippen LogP contribution in [0.2, 0.25) is 0 Å². The van der Waals surface area contributed by atoms with E-state index in [2.05, 4.69) is 21.2 Å². The summed E-state index contributed by atoms with van der Waals surface area (Å²) in [4.78, 5) is 1.65. The molecular weight excluding hydrogens is 333 g/mol. The average Bonchev–Trinajstić information content (AvgIpc) is 2.35. The van der Waals surface area contributed by atoms with Gasteiger partial charge in [-0.25, -0.2) is 0 Å². The van der Waals surface area contributed by atoms with Gasteiger partial charge in [0.1, 0.15) is 0 Å². The molecule has 0 amide bonds. The Morgan fingerprint density at radius 1 is 1.35 bits per heavy atom. The number of nitrogens with one attached hydrogen (secondary N) is 1. The first-order valence-electron chi connectivity index (χ1n) is 6.55. The highest BCUT2D eigenvalue weighted by Gasteiger charge is 2.27. The van der Waals surface area contributed by atoms with E-state index >= 15 is 0 Å². The second kappa shape index (κ2) is 7.31. The first kappa shape index (κ1) is 17.3. The number of alkyl halides is 3. The van der Waals surface area contributed by atoms with Crippen molar-refractivity contribution in [3.8, 4) is 0 Å². The lowest BCUT2D eigenvalue weighted by molar-refractivity contribution is -0.132. The lowest BCUT2D eigenvalue weighted by Crippen LogP contribution is -2.27. The molecule has 1 unspecified atom stereocenters. The number of hydrogen-bond acceptors (Lipinski definition) is 2. The van der Waals surface area contributed by atoms with Gasteiger partial charge in [-0.05, 0) is 31.2 Å². The Morgan fingerprint density at radius 3 is 2.55 bits per heavy atom. The number of halogens is 4. The summed E-state index contributed by atoms with van der Waals surface area (Å²) in [6.45, 7) is 4.77. The topological polar surface area (TPSA) is 15.3 Å². The van der Waals surface area contributed by atoms with Gasteiger partial charge < -0.3 is 10.2 Å². The second-order valence-electron chi connectivity index (χ2n) is 4.77. The summed E-state index contributed by atoms with van der Waals surface area (Å²) in [7, 11) is 1.69. The van der Waals surface area contributed by atoms with Crippen LogP contribution in [0.4, 0.5) is 18.9 Å². The van der Waals surface area contributed by atoms with Gasteiger partial charge in [-0.1, -0.05) is 28.9 Å². The minimum Gasteiger partial charge on any atom is -0.374 e. The van der Waals surface area contributed by atoms with Gasteiger partial charge in [-0.3, -0.25) is 0 Å². The summed E-state index contributed by atoms with van der Waals surface area (Å²) in [5.41, 5.74) is 1.82.